The van der Waals surface area contributed by atoms with Crippen molar-refractivity contribution in [2.45, 2.75) is 39.5 Å². The highest BCUT2D eigenvalue weighted by Gasteiger charge is 2.02. The van der Waals surface area contributed by atoms with Crippen molar-refractivity contribution in [3.63, 3.8) is 0 Å². The van der Waals surface area contributed by atoms with Gasteiger partial charge in [-0.3, -0.25) is 0 Å². The predicted molar refractivity (Wildman–Crippen MR) is 77.0 cm³/mol. The summed E-state index contributed by atoms with van der Waals surface area (Å²) in [6.45, 7) is 7.54. The van der Waals surface area contributed by atoms with Crippen molar-refractivity contribution < 1.29 is 0 Å². The molecule has 0 rings (SSSR count). The second-order valence-corrected chi connectivity index (χ2v) is 28.8. The summed E-state index contributed by atoms with van der Waals surface area (Å²) >= 11 is 0. The van der Waals surface area contributed by atoms with Gasteiger partial charge in [0.15, 0.2) is 0 Å². The van der Waals surface area contributed by atoms with Gasteiger partial charge in [-0.25, -0.2) is 0 Å². The molecule has 0 amide bonds. The van der Waals surface area contributed by atoms with Gasteiger partial charge < -0.3 is 4.57 Å². The molecular weight excluding hydrogens is 222 g/mol. The first-order chi connectivity index (χ1) is 6.35. The summed E-state index contributed by atoms with van der Waals surface area (Å²) in [5.74, 6) is 0. The summed E-state index contributed by atoms with van der Waals surface area (Å²) in [5, 5.41) is 0. The van der Waals surface area contributed by atoms with Crippen LogP contribution in [-0.4, -0.2) is 53.7 Å². The van der Waals surface area contributed by atoms with Crippen LogP contribution < -0.4 is 0 Å². The Kier molecular flexibility index (Phi) is 11.6. The number of hydrogen-bond acceptors (Lipinski definition) is 1. The SMILES string of the molecule is CCCCN(CCCC)[SiH2][SiH2][SiH2][SiH3]. The maximum absolute atomic E-state index is 2.89. The quantitative estimate of drug-likeness (QED) is 0.446. The fourth-order valence-corrected chi connectivity index (χ4v) is 22.2. The summed E-state index contributed by atoms with van der Waals surface area (Å²) in [6.07, 6.45) is 5.68. The maximum atomic E-state index is 2.89. The fraction of sp³-hybridized carbons (Fsp3) is 1.00. The molecule has 5 heteroatoms. The van der Waals surface area contributed by atoms with E-state index in [1.807, 2.05) is 0 Å². The van der Waals surface area contributed by atoms with Crippen molar-refractivity contribution in [3.05, 3.63) is 0 Å². The second kappa shape index (κ2) is 10.9. The van der Waals surface area contributed by atoms with Gasteiger partial charge in [-0.05, 0) is 44.2 Å². The molecule has 0 N–H and O–H groups in total. The van der Waals surface area contributed by atoms with Crippen LogP contribution in [0, 0.1) is 0 Å². The molecule has 0 aromatic rings. The largest absolute Gasteiger partial charge is 0.332 e. The van der Waals surface area contributed by atoms with Crippen LogP contribution in [0.3, 0.4) is 0 Å². The molecule has 0 bridgehead atoms. The Bertz CT molecular complexity index is 83.1. The molecule has 1 nitrogen and oxygen atoms in total. The lowest BCUT2D eigenvalue weighted by Crippen LogP contribution is -2.35. The van der Waals surface area contributed by atoms with Gasteiger partial charge in [-0.1, -0.05) is 26.7 Å². The molecule has 0 spiro atoms. The topological polar surface area (TPSA) is 3.24 Å². The van der Waals surface area contributed by atoms with Gasteiger partial charge in [0.25, 0.3) is 0 Å². The molecule has 0 atom stereocenters. The summed E-state index contributed by atoms with van der Waals surface area (Å²) in [7, 11) is 3.17. The van der Waals surface area contributed by atoms with E-state index in [4.69, 9.17) is 0 Å². The molecule has 0 aliphatic heterocycles. The van der Waals surface area contributed by atoms with E-state index in [0.29, 0.717) is 26.3 Å². The third kappa shape index (κ3) is 9.14. The van der Waals surface area contributed by atoms with E-state index in [1.54, 1.807) is 9.76 Å². The summed E-state index contributed by atoms with van der Waals surface area (Å²) in [4.78, 5) is 0. The monoisotopic (exact) mass is 249 g/mol. The summed E-state index contributed by atoms with van der Waals surface area (Å²) in [5.41, 5.74) is 0. The van der Waals surface area contributed by atoms with E-state index in [9.17, 15) is 0 Å². The number of rotatable bonds is 9. The molecule has 0 aliphatic rings. The van der Waals surface area contributed by atoms with Crippen LogP contribution in [0.25, 0.3) is 0 Å². The fourth-order valence-electron chi connectivity index (χ4n) is 1.48. The van der Waals surface area contributed by atoms with E-state index in [2.05, 4.69) is 18.4 Å². The lowest BCUT2D eigenvalue weighted by Gasteiger charge is -2.21. The average molecular weight is 250 g/mol. The number of hydrogen-bond donors (Lipinski definition) is 0. The van der Waals surface area contributed by atoms with E-state index >= 15 is 0 Å². The first-order valence-electron chi connectivity index (χ1n) is 6.07. The normalized spacial score (nSPS) is 14.1. The Morgan fingerprint density at radius 2 is 1.62 bits per heavy atom. The molecule has 0 unspecified atom stereocenters. The molecule has 0 aromatic carbocycles. The molecule has 13 heavy (non-hydrogen) atoms. The third-order valence-electron chi connectivity index (χ3n) is 2.48. The molecule has 0 aromatic heterocycles. The van der Waals surface area contributed by atoms with Crippen LogP contribution in [0.5, 0.6) is 0 Å². The Hall–Kier alpha value is 0.828. The highest BCUT2D eigenvalue weighted by molar-refractivity contribution is 7.40. The minimum absolute atomic E-state index is 0.353. The molecule has 0 heterocycles. The van der Waals surface area contributed by atoms with E-state index < -0.39 is 0 Å². The minimum Gasteiger partial charge on any atom is -0.332 e. The number of unbranched alkanes of at least 4 members (excludes halogenated alkanes) is 2. The zero-order valence-electron chi connectivity index (χ0n) is 9.81. The van der Waals surface area contributed by atoms with Gasteiger partial charge in [-0.15, -0.1) is 0 Å². The van der Waals surface area contributed by atoms with Gasteiger partial charge in [0.05, 0.1) is 9.20 Å². The van der Waals surface area contributed by atoms with Crippen LogP contribution in [-0.2, 0) is 0 Å². The predicted octanol–water partition coefficient (Wildman–Crippen LogP) is -1.58. The standard InChI is InChI=1S/C8H27NSi4/c1-3-5-7-9(8-6-4-2)11-13-12-10/h3-8,11-13H2,1-2,10H3. The molecule has 80 valence electrons. The average Bonchev–Trinajstić information content (AvgIpc) is 2.17. The van der Waals surface area contributed by atoms with Gasteiger partial charge >= 0.3 is 0 Å². The smallest absolute Gasteiger partial charge is 0.0761 e. The van der Waals surface area contributed by atoms with Crippen LogP contribution >= 0.6 is 0 Å². The van der Waals surface area contributed by atoms with E-state index in [-0.39, 0.29) is 0 Å². The molecular formula is C8H27NSi4. The van der Waals surface area contributed by atoms with Gasteiger partial charge in [0.1, 0.15) is 0 Å². The maximum Gasteiger partial charge on any atom is 0.0761 e. The van der Waals surface area contributed by atoms with Crippen molar-refractivity contribution in [2.24, 2.45) is 0 Å². The summed E-state index contributed by atoms with van der Waals surface area (Å²) in [6, 6.07) is 0. The van der Waals surface area contributed by atoms with Crippen molar-refractivity contribution in [1.29, 1.82) is 0 Å². The van der Waals surface area contributed by atoms with Crippen molar-refractivity contribution in [2.75, 3.05) is 13.1 Å². The minimum atomic E-state index is 0.353. The van der Waals surface area contributed by atoms with Gasteiger partial charge in [-0.2, -0.15) is 0 Å². The van der Waals surface area contributed by atoms with Crippen molar-refractivity contribution >= 4 is 36.1 Å². The Morgan fingerprint density at radius 1 is 1.08 bits per heavy atom. The third-order valence-corrected chi connectivity index (χ3v) is 38.0. The number of nitrogens with zero attached hydrogens (tertiary/aromatic N) is 1. The van der Waals surface area contributed by atoms with Gasteiger partial charge in [0.2, 0.25) is 0 Å². The van der Waals surface area contributed by atoms with Crippen molar-refractivity contribution in [1.82, 2.24) is 4.57 Å². The van der Waals surface area contributed by atoms with Gasteiger partial charge in [0, 0.05) is 8.55 Å². The van der Waals surface area contributed by atoms with Crippen molar-refractivity contribution in [3.8, 4) is 0 Å². The van der Waals surface area contributed by atoms with Crippen LogP contribution in [0.4, 0.5) is 0 Å². The van der Waals surface area contributed by atoms with Crippen LogP contribution in [0.1, 0.15) is 39.5 Å². The molecule has 0 fully saturated rings. The highest BCUT2D eigenvalue weighted by atomic mass is 29.7. The van der Waals surface area contributed by atoms with E-state index in [1.165, 1.54) is 38.8 Å². The Labute approximate surface area is 93.4 Å². The summed E-state index contributed by atoms with van der Waals surface area (Å²) < 4.78 is 2.89. The first kappa shape index (κ1) is 13.8. The molecule has 0 radical (unpaired) electrons. The highest BCUT2D eigenvalue weighted by Crippen LogP contribution is 1.96. The zero-order valence-corrected chi connectivity index (χ0v) is 16.1. The van der Waals surface area contributed by atoms with E-state index in [0.717, 1.165) is 0 Å². The molecule has 0 saturated carbocycles. The Morgan fingerprint density at radius 3 is 2.00 bits per heavy atom. The van der Waals surface area contributed by atoms with Crippen LogP contribution in [0.15, 0.2) is 0 Å². The zero-order chi connectivity index (χ0) is 9.94. The first-order valence-corrected chi connectivity index (χ1v) is 20.4. The lowest BCUT2D eigenvalue weighted by atomic mass is 10.3. The Balaban J connectivity index is 3.47. The lowest BCUT2D eigenvalue weighted by molar-refractivity contribution is 0.426. The molecule has 0 aliphatic carbocycles. The van der Waals surface area contributed by atoms with Crippen LogP contribution in [0.2, 0.25) is 0 Å². The second-order valence-electron chi connectivity index (χ2n) is 3.90. The molecule has 0 saturated heterocycles.